The van der Waals surface area contributed by atoms with Gasteiger partial charge in [0.15, 0.2) is 5.16 Å². The Morgan fingerprint density at radius 3 is 2.65 bits per heavy atom. The first-order valence-electron chi connectivity index (χ1n) is 8.93. The minimum atomic E-state index is -0.548. The zero-order chi connectivity index (χ0) is 22.4. The molecule has 1 heterocycles. The Morgan fingerprint density at radius 2 is 1.90 bits per heavy atom. The van der Waals surface area contributed by atoms with Crippen molar-refractivity contribution < 1.29 is 18.9 Å². The second kappa shape index (κ2) is 9.80. The summed E-state index contributed by atoms with van der Waals surface area (Å²) >= 11 is 1.09. The van der Waals surface area contributed by atoms with Crippen LogP contribution in [-0.4, -0.2) is 37.3 Å². The van der Waals surface area contributed by atoms with Crippen molar-refractivity contribution in [2.45, 2.75) is 11.6 Å². The molecule has 3 rings (SSSR count). The highest BCUT2D eigenvalue weighted by Gasteiger charge is 2.16. The van der Waals surface area contributed by atoms with Gasteiger partial charge in [0.1, 0.15) is 11.6 Å². The highest BCUT2D eigenvalue weighted by atomic mass is 32.2. The number of nitro benzene ring substituents is 1. The number of aromatic nitrogens is 3. The lowest BCUT2D eigenvalue weighted by atomic mass is 10.3. The maximum Gasteiger partial charge on any atom is 0.271 e. The van der Waals surface area contributed by atoms with Gasteiger partial charge < -0.3 is 15.2 Å². The van der Waals surface area contributed by atoms with Crippen molar-refractivity contribution >= 4 is 40.6 Å². The Bertz CT molecular complexity index is 1140. The molecule has 160 valence electrons. The minimum Gasteiger partial charge on any atom is -0.325 e. The molecule has 0 saturated carbocycles. The summed E-state index contributed by atoms with van der Waals surface area (Å²) in [6.45, 7) is 0. The van der Waals surface area contributed by atoms with Gasteiger partial charge in [0, 0.05) is 24.9 Å². The normalized spacial score (nSPS) is 10.5. The molecule has 0 aliphatic rings. The van der Waals surface area contributed by atoms with Crippen LogP contribution in [0.25, 0.3) is 0 Å². The molecule has 0 aliphatic heterocycles. The van der Waals surface area contributed by atoms with Gasteiger partial charge in [-0.25, -0.2) is 4.39 Å². The largest absolute Gasteiger partial charge is 0.325 e. The maximum atomic E-state index is 13.6. The quantitative estimate of drug-likeness (QED) is 0.310. The van der Waals surface area contributed by atoms with E-state index in [-0.39, 0.29) is 29.5 Å². The Kier molecular flexibility index (Phi) is 6.92. The third kappa shape index (κ3) is 5.85. The van der Waals surface area contributed by atoms with Crippen LogP contribution in [0.4, 0.5) is 21.5 Å². The summed E-state index contributed by atoms with van der Waals surface area (Å²) in [5.74, 6) is -1.06. The van der Waals surface area contributed by atoms with Crippen molar-refractivity contribution in [2.75, 3.05) is 16.4 Å². The van der Waals surface area contributed by atoms with Gasteiger partial charge in [-0.2, -0.15) is 0 Å². The fraction of sp³-hybridized carbons (Fsp3) is 0.158. The number of thioether (sulfide) groups is 1. The summed E-state index contributed by atoms with van der Waals surface area (Å²) in [7, 11) is 1.65. The van der Waals surface area contributed by atoms with E-state index in [9.17, 15) is 24.1 Å². The fourth-order valence-electron chi connectivity index (χ4n) is 2.55. The highest BCUT2D eigenvalue weighted by Crippen LogP contribution is 2.20. The fourth-order valence-corrected chi connectivity index (χ4v) is 3.28. The minimum absolute atomic E-state index is 0.0178. The highest BCUT2D eigenvalue weighted by molar-refractivity contribution is 7.99. The molecular weight excluding hydrogens is 427 g/mol. The van der Waals surface area contributed by atoms with Crippen LogP contribution in [0.1, 0.15) is 5.82 Å². The first-order valence-corrected chi connectivity index (χ1v) is 9.92. The van der Waals surface area contributed by atoms with Gasteiger partial charge in [0.2, 0.25) is 11.8 Å². The van der Waals surface area contributed by atoms with Gasteiger partial charge in [-0.1, -0.05) is 30.0 Å². The SMILES string of the molecule is Cn1c(CC(=O)Nc2ccccc2F)nnc1SCC(=O)Nc1cccc([N+](=O)[O-])c1. The molecule has 0 fully saturated rings. The molecular formula is C19H17FN6O4S. The Morgan fingerprint density at radius 1 is 1.13 bits per heavy atom. The lowest BCUT2D eigenvalue weighted by Crippen LogP contribution is -2.18. The molecule has 3 aromatic rings. The van der Waals surface area contributed by atoms with E-state index in [4.69, 9.17) is 0 Å². The average molecular weight is 444 g/mol. The number of anilines is 2. The number of hydrogen-bond donors (Lipinski definition) is 2. The molecule has 10 nitrogen and oxygen atoms in total. The van der Waals surface area contributed by atoms with Crippen LogP contribution < -0.4 is 10.6 Å². The van der Waals surface area contributed by atoms with E-state index >= 15 is 0 Å². The van der Waals surface area contributed by atoms with E-state index in [1.54, 1.807) is 23.7 Å². The molecule has 0 atom stereocenters. The van der Waals surface area contributed by atoms with Gasteiger partial charge in [-0.15, -0.1) is 10.2 Å². The summed E-state index contributed by atoms with van der Waals surface area (Å²) in [6.07, 6.45) is -0.127. The van der Waals surface area contributed by atoms with Gasteiger partial charge in [0.05, 0.1) is 22.8 Å². The topological polar surface area (TPSA) is 132 Å². The number of nitro groups is 1. The van der Waals surface area contributed by atoms with Crippen LogP contribution in [0, 0.1) is 15.9 Å². The van der Waals surface area contributed by atoms with E-state index in [0.29, 0.717) is 16.7 Å². The van der Waals surface area contributed by atoms with Crippen molar-refractivity contribution in [2.24, 2.45) is 7.05 Å². The van der Waals surface area contributed by atoms with Crippen molar-refractivity contribution in [3.8, 4) is 0 Å². The van der Waals surface area contributed by atoms with Crippen LogP contribution in [-0.2, 0) is 23.1 Å². The number of para-hydroxylation sites is 1. The number of benzene rings is 2. The van der Waals surface area contributed by atoms with Crippen molar-refractivity contribution in [3.63, 3.8) is 0 Å². The monoisotopic (exact) mass is 444 g/mol. The van der Waals surface area contributed by atoms with Gasteiger partial charge >= 0.3 is 0 Å². The number of rotatable bonds is 8. The van der Waals surface area contributed by atoms with Crippen molar-refractivity contribution in [1.29, 1.82) is 0 Å². The number of amides is 2. The molecule has 2 N–H and O–H groups in total. The Balaban J connectivity index is 1.54. The van der Waals surface area contributed by atoms with Crippen LogP contribution in [0.2, 0.25) is 0 Å². The number of carbonyl (C=O) groups excluding carboxylic acids is 2. The molecule has 2 amide bonds. The molecule has 1 aromatic heterocycles. The van der Waals surface area contributed by atoms with Gasteiger partial charge in [-0.05, 0) is 18.2 Å². The third-order valence-corrected chi connectivity index (χ3v) is 5.09. The first-order chi connectivity index (χ1) is 14.8. The number of halogens is 1. The molecule has 0 saturated heterocycles. The molecule has 0 bridgehead atoms. The van der Waals surface area contributed by atoms with E-state index in [0.717, 1.165) is 11.8 Å². The lowest BCUT2D eigenvalue weighted by molar-refractivity contribution is -0.384. The van der Waals surface area contributed by atoms with E-state index in [1.807, 2.05) is 0 Å². The second-order valence-corrected chi connectivity index (χ2v) is 7.25. The van der Waals surface area contributed by atoms with Gasteiger partial charge in [-0.3, -0.25) is 19.7 Å². The number of nitrogens with zero attached hydrogens (tertiary/aromatic N) is 4. The van der Waals surface area contributed by atoms with Crippen LogP contribution in [0.3, 0.4) is 0 Å². The molecule has 31 heavy (non-hydrogen) atoms. The summed E-state index contributed by atoms with van der Waals surface area (Å²) in [5, 5.41) is 24.2. The maximum absolute atomic E-state index is 13.6. The van der Waals surface area contributed by atoms with Crippen molar-refractivity contribution in [1.82, 2.24) is 14.8 Å². The molecule has 12 heteroatoms. The number of non-ortho nitro benzene ring substituents is 1. The number of hydrogen-bond acceptors (Lipinski definition) is 7. The second-order valence-electron chi connectivity index (χ2n) is 6.31. The zero-order valence-corrected chi connectivity index (χ0v) is 17.1. The first kappa shape index (κ1) is 21.9. The average Bonchev–Trinajstić information content (AvgIpc) is 3.07. The Hall–Kier alpha value is -3.80. The lowest BCUT2D eigenvalue weighted by Gasteiger charge is -2.07. The predicted molar refractivity (Wildman–Crippen MR) is 112 cm³/mol. The molecule has 0 spiro atoms. The number of nitrogens with one attached hydrogen (secondary N) is 2. The summed E-state index contributed by atoms with van der Waals surface area (Å²) in [4.78, 5) is 34.6. The Labute approximate surface area is 180 Å². The summed E-state index contributed by atoms with van der Waals surface area (Å²) < 4.78 is 15.2. The van der Waals surface area contributed by atoms with E-state index in [1.165, 1.54) is 36.4 Å². The molecule has 0 aliphatic carbocycles. The smallest absolute Gasteiger partial charge is 0.271 e. The molecule has 0 unspecified atom stereocenters. The van der Waals surface area contributed by atoms with Gasteiger partial charge in [0.25, 0.3) is 5.69 Å². The standard InChI is InChI=1S/C19H17FN6O4S/c1-25-16(10-17(27)22-15-8-3-2-7-14(15)20)23-24-19(25)31-11-18(28)21-12-5-4-6-13(9-12)26(29)30/h2-9H,10-11H2,1H3,(H,21,28)(H,22,27). The van der Waals surface area contributed by atoms with E-state index < -0.39 is 16.6 Å². The predicted octanol–water partition coefficient (Wildman–Crippen LogP) is 2.77. The van der Waals surface area contributed by atoms with Crippen LogP contribution >= 0.6 is 11.8 Å². The zero-order valence-electron chi connectivity index (χ0n) is 16.2. The van der Waals surface area contributed by atoms with Crippen LogP contribution in [0.15, 0.2) is 53.7 Å². The molecule has 2 aromatic carbocycles. The molecule has 0 radical (unpaired) electrons. The summed E-state index contributed by atoms with van der Waals surface area (Å²) in [5.41, 5.74) is 0.252. The number of carbonyl (C=O) groups is 2. The van der Waals surface area contributed by atoms with E-state index in [2.05, 4.69) is 20.8 Å². The third-order valence-electron chi connectivity index (χ3n) is 4.06. The van der Waals surface area contributed by atoms with Crippen molar-refractivity contribution in [3.05, 3.63) is 70.3 Å². The van der Waals surface area contributed by atoms with Crippen LogP contribution in [0.5, 0.6) is 0 Å². The summed E-state index contributed by atoms with van der Waals surface area (Å²) in [6, 6.07) is 11.4.